The van der Waals surface area contributed by atoms with E-state index in [1.54, 1.807) is 0 Å². The van der Waals surface area contributed by atoms with Crippen molar-refractivity contribution < 1.29 is 0 Å². The summed E-state index contributed by atoms with van der Waals surface area (Å²) in [5.74, 6) is 0.680. The van der Waals surface area contributed by atoms with E-state index in [4.69, 9.17) is 4.98 Å². The van der Waals surface area contributed by atoms with Crippen molar-refractivity contribution in [1.82, 2.24) is 10.3 Å². The van der Waals surface area contributed by atoms with E-state index in [2.05, 4.69) is 50.4 Å². The second-order valence-electron chi connectivity index (χ2n) is 5.48. The highest BCUT2D eigenvalue weighted by Crippen LogP contribution is 2.24. The van der Waals surface area contributed by atoms with Gasteiger partial charge in [-0.15, -0.1) is 11.3 Å². The molecule has 2 atom stereocenters. The molecular weight excluding hydrogens is 252 g/mol. The number of hydrogen-bond acceptors (Lipinski definition) is 3. The Labute approximate surface area is 120 Å². The zero-order valence-corrected chi connectivity index (χ0v) is 13.0. The number of nitrogens with one attached hydrogen (secondary N) is 1. The topological polar surface area (TPSA) is 24.9 Å². The van der Waals surface area contributed by atoms with Gasteiger partial charge < -0.3 is 5.32 Å². The number of rotatable bonds is 7. The Bertz CT molecular complexity index is 473. The lowest BCUT2D eigenvalue weighted by atomic mass is 9.99. The molecule has 0 bridgehead atoms. The summed E-state index contributed by atoms with van der Waals surface area (Å²) in [6.45, 7) is 7.94. The Hall–Kier alpha value is -0.930. The second kappa shape index (κ2) is 7.01. The Morgan fingerprint density at radius 2 is 2.05 bits per heavy atom. The van der Waals surface area contributed by atoms with Gasteiger partial charge in [0.1, 0.15) is 0 Å². The molecule has 0 saturated carbocycles. The van der Waals surface area contributed by atoms with Crippen LogP contribution in [0.5, 0.6) is 0 Å². The first kappa shape index (κ1) is 14.5. The quantitative estimate of drug-likeness (QED) is 0.817. The number of nitrogens with zero attached hydrogens (tertiary/aromatic N) is 1. The lowest BCUT2D eigenvalue weighted by molar-refractivity contribution is 0.419. The van der Waals surface area contributed by atoms with Crippen LogP contribution in [0.1, 0.15) is 38.6 Å². The van der Waals surface area contributed by atoms with Crippen LogP contribution in [0.2, 0.25) is 0 Å². The predicted octanol–water partition coefficient (Wildman–Crippen LogP) is 4.25. The molecule has 104 valence electrons. The van der Waals surface area contributed by atoms with Crippen molar-refractivity contribution in [2.75, 3.05) is 6.54 Å². The number of thiazole rings is 1. The number of para-hydroxylation sites is 1. The molecule has 1 N–H and O–H groups in total. The van der Waals surface area contributed by atoms with E-state index in [1.807, 2.05) is 11.3 Å². The van der Waals surface area contributed by atoms with E-state index in [0.717, 1.165) is 18.5 Å². The van der Waals surface area contributed by atoms with Crippen LogP contribution < -0.4 is 5.32 Å². The van der Waals surface area contributed by atoms with Crippen LogP contribution in [0.25, 0.3) is 10.2 Å². The minimum Gasteiger partial charge on any atom is -0.314 e. The van der Waals surface area contributed by atoms with E-state index >= 15 is 0 Å². The van der Waals surface area contributed by atoms with Gasteiger partial charge in [-0.1, -0.05) is 26.0 Å². The molecule has 19 heavy (non-hydrogen) atoms. The monoisotopic (exact) mass is 276 g/mol. The summed E-state index contributed by atoms with van der Waals surface area (Å²) in [5, 5.41) is 4.83. The van der Waals surface area contributed by atoms with E-state index in [0.29, 0.717) is 12.0 Å². The van der Waals surface area contributed by atoms with Gasteiger partial charge in [-0.25, -0.2) is 4.98 Å². The van der Waals surface area contributed by atoms with Crippen molar-refractivity contribution >= 4 is 21.6 Å². The van der Waals surface area contributed by atoms with Gasteiger partial charge in [0.25, 0.3) is 0 Å². The maximum atomic E-state index is 4.72. The van der Waals surface area contributed by atoms with Crippen LogP contribution >= 0.6 is 11.3 Å². The van der Waals surface area contributed by atoms with E-state index in [1.165, 1.54) is 22.5 Å². The first-order valence-electron chi connectivity index (χ1n) is 7.27. The first-order chi connectivity index (χ1) is 9.19. The van der Waals surface area contributed by atoms with E-state index in [9.17, 15) is 0 Å². The summed E-state index contributed by atoms with van der Waals surface area (Å²) < 4.78 is 1.31. The highest BCUT2D eigenvalue weighted by atomic mass is 32.1. The van der Waals surface area contributed by atoms with Crippen LogP contribution in [-0.2, 0) is 6.42 Å². The molecule has 0 aliphatic carbocycles. The van der Waals surface area contributed by atoms with Gasteiger partial charge >= 0.3 is 0 Å². The lowest BCUT2D eigenvalue weighted by Gasteiger charge is -2.17. The minimum absolute atomic E-state index is 0.601. The Kier molecular flexibility index (Phi) is 5.34. The smallest absolute Gasteiger partial charge is 0.0941 e. The molecular formula is C16H24N2S. The van der Waals surface area contributed by atoms with Gasteiger partial charge in [0.15, 0.2) is 0 Å². The molecule has 1 aromatic heterocycles. The highest BCUT2D eigenvalue weighted by Gasteiger charge is 2.11. The maximum absolute atomic E-state index is 4.72. The van der Waals surface area contributed by atoms with Crippen LogP contribution in [-0.4, -0.2) is 17.6 Å². The van der Waals surface area contributed by atoms with Crippen molar-refractivity contribution in [3.05, 3.63) is 29.3 Å². The lowest BCUT2D eigenvalue weighted by Crippen LogP contribution is -2.28. The van der Waals surface area contributed by atoms with Gasteiger partial charge in [0, 0.05) is 12.5 Å². The molecule has 0 aliphatic rings. The summed E-state index contributed by atoms with van der Waals surface area (Å²) in [5.41, 5.74) is 1.15. The fraction of sp³-hybridized carbons (Fsp3) is 0.562. The van der Waals surface area contributed by atoms with Crippen molar-refractivity contribution in [3.63, 3.8) is 0 Å². The third-order valence-electron chi connectivity index (χ3n) is 3.36. The molecule has 1 aromatic carbocycles. The largest absolute Gasteiger partial charge is 0.314 e. The Morgan fingerprint density at radius 1 is 1.26 bits per heavy atom. The highest BCUT2D eigenvalue weighted by molar-refractivity contribution is 7.18. The summed E-state index contributed by atoms with van der Waals surface area (Å²) in [4.78, 5) is 4.72. The molecule has 2 aromatic rings. The molecule has 2 rings (SSSR count). The number of aromatic nitrogens is 1. The van der Waals surface area contributed by atoms with Crippen LogP contribution in [0.4, 0.5) is 0 Å². The fourth-order valence-corrected chi connectivity index (χ4v) is 3.60. The molecule has 1 heterocycles. The van der Waals surface area contributed by atoms with Gasteiger partial charge in [0.2, 0.25) is 0 Å². The van der Waals surface area contributed by atoms with E-state index < -0.39 is 0 Å². The van der Waals surface area contributed by atoms with Crippen molar-refractivity contribution in [2.45, 2.75) is 46.1 Å². The van der Waals surface area contributed by atoms with Crippen LogP contribution in [0.3, 0.4) is 0 Å². The van der Waals surface area contributed by atoms with Crippen LogP contribution in [0.15, 0.2) is 24.3 Å². The molecule has 0 fully saturated rings. The summed E-state index contributed by atoms with van der Waals surface area (Å²) in [7, 11) is 0. The van der Waals surface area contributed by atoms with Gasteiger partial charge in [-0.2, -0.15) is 0 Å². The third-order valence-corrected chi connectivity index (χ3v) is 4.42. The average molecular weight is 276 g/mol. The summed E-state index contributed by atoms with van der Waals surface area (Å²) in [6, 6.07) is 9.01. The van der Waals surface area contributed by atoms with Gasteiger partial charge in [-0.3, -0.25) is 0 Å². The minimum atomic E-state index is 0.601. The molecule has 0 spiro atoms. The number of fused-ring (bicyclic) bond motifs is 1. The Morgan fingerprint density at radius 3 is 2.79 bits per heavy atom. The maximum Gasteiger partial charge on any atom is 0.0941 e. The number of hydrogen-bond donors (Lipinski definition) is 1. The normalized spacial score (nSPS) is 14.7. The fourth-order valence-electron chi connectivity index (χ4n) is 2.47. The first-order valence-corrected chi connectivity index (χ1v) is 8.08. The van der Waals surface area contributed by atoms with Gasteiger partial charge in [-0.05, 0) is 44.4 Å². The molecule has 2 nitrogen and oxygen atoms in total. The molecule has 2 unspecified atom stereocenters. The van der Waals surface area contributed by atoms with E-state index in [-0.39, 0.29) is 0 Å². The van der Waals surface area contributed by atoms with Crippen LogP contribution in [0, 0.1) is 5.92 Å². The molecule has 0 saturated heterocycles. The average Bonchev–Trinajstić information content (AvgIpc) is 2.78. The van der Waals surface area contributed by atoms with Gasteiger partial charge in [0.05, 0.1) is 15.2 Å². The summed E-state index contributed by atoms with van der Waals surface area (Å²) in [6.07, 6.45) is 3.52. The third kappa shape index (κ3) is 4.29. The standard InChI is InChI=1S/C16H24N2S/c1-4-9-17-13(3)10-12(2)11-16-18-14-7-5-6-8-15(14)19-16/h5-8,12-13,17H,4,9-11H2,1-3H3. The molecule has 3 heteroatoms. The molecule has 0 radical (unpaired) electrons. The molecule has 0 aliphatic heterocycles. The number of benzene rings is 1. The zero-order valence-electron chi connectivity index (χ0n) is 12.1. The van der Waals surface area contributed by atoms with Crippen molar-refractivity contribution in [2.24, 2.45) is 5.92 Å². The summed E-state index contributed by atoms with van der Waals surface area (Å²) >= 11 is 1.84. The second-order valence-corrected chi connectivity index (χ2v) is 6.59. The zero-order chi connectivity index (χ0) is 13.7. The SMILES string of the molecule is CCCNC(C)CC(C)Cc1nc2ccccc2s1. The molecule has 0 amide bonds. The van der Waals surface area contributed by atoms with Crippen molar-refractivity contribution in [3.8, 4) is 0 Å². The predicted molar refractivity (Wildman–Crippen MR) is 84.9 cm³/mol. The Balaban J connectivity index is 1.89. The van der Waals surface area contributed by atoms with Crippen molar-refractivity contribution in [1.29, 1.82) is 0 Å².